The summed E-state index contributed by atoms with van der Waals surface area (Å²) in [4.78, 5) is 5.02. The zero-order valence-electron chi connectivity index (χ0n) is 13.8. The summed E-state index contributed by atoms with van der Waals surface area (Å²) in [7, 11) is 0. The van der Waals surface area contributed by atoms with E-state index in [1.54, 1.807) is 0 Å². The summed E-state index contributed by atoms with van der Waals surface area (Å²) in [5.74, 6) is 0.668. The molecule has 120 valence electrons. The van der Waals surface area contributed by atoms with Crippen LogP contribution in [0.3, 0.4) is 0 Å². The number of hydrogen-bond donors (Lipinski definition) is 1. The normalized spacial score (nSPS) is 17.7. The molecule has 2 heterocycles. The van der Waals surface area contributed by atoms with Gasteiger partial charge >= 0.3 is 0 Å². The number of nitrogens with one attached hydrogen (secondary N) is 1. The molecule has 0 radical (unpaired) electrons. The van der Waals surface area contributed by atoms with Crippen LogP contribution < -0.4 is 5.32 Å². The van der Waals surface area contributed by atoms with E-state index >= 15 is 0 Å². The lowest BCUT2D eigenvalue weighted by Gasteiger charge is -2.33. The van der Waals surface area contributed by atoms with E-state index in [-0.39, 0.29) is 0 Å². The molecule has 0 aliphatic carbocycles. The smallest absolute Gasteiger partial charge is 0.0964 e. The topological polar surface area (TPSA) is 49.2 Å². The van der Waals surface area contributed by atoms with Gasteiger partial charge in [0.1, 0.15) is 0 Å². The van der Waals surface area contributed by atoms with Crippen LogP contribution in [0.1, 0.15) is 26.5 Å². The van der Waals surface area contributed by atoms with Crippen molar-refractivity contribution in [3.8, 4) is 0 Å². The number of aromatic nitrogens is 3. The van der Waals surface area contributed by atoms with Crippen molar-refractivity contribution in [1.82, 2.24) is 30.1 Å². The summed E-state index contributed by atoms with van der Waals surface area (Å²) < 4.78 is 1.97. The van der Waals surface area contributed by atoms with Gasteiger partial charge in [0.05, 0.1) is 12.2 Å². The maximum atomic E-state index is 4.23. The Hall–Kier alpha value is -0.980. The molecule has 1 aliphatic heterocycles. The molecule has 1 fully saturated rings. The molecule has 0 spiro atoms. The molecular weight excluding hydrogens is 264 g/mol. The van der Waals surface area contributed by atoms with Crippen LogP contribution in [0.25, 0.3) is 0 Å². The molecule has 0 atom stereocenters. The first kappa shape index (κ1) is 16.4. The number of hydrogen-bond acceptors (Lipinski definition) is 5. The van der Waals surface area contributed by atoms with Gasteiger partial charge in [0, 0.05) is 45.5 Å². The molecule has 0 unspecified atom stereocenters. The van der Waals surface area contributed by atoms with Crippen LogP contribution in [0.15, 0.2) is 6.20 Å². The van der Waals surface area contributed by atoms with Gasteiger partial charge in [-0.05, 0) is 19.0 Å². The number of piperazine rings is 1. The molecular formula is C15H30N6. The lowest BCUT2D eigenvalue weighted by Crippen LogP contribution is -2.46. The average Bonchev–Trinajstić information content (AvgIpc) is 2.93. The Morgan fingerprint density at radius 3 is 2.52 bits per heavy atom. The van der Waals surface area contributed by atoms with Crippen molar-refractivity contribution in [1.29, 1.82) is 0 Å². The maximum Gasteiger partial charge on any atom is 0.0964 e. The molecule has 1 aromatic rings. The van der Waals surface area contributed by atoms with Crippen molar-refractivity contribution in [2.45, 2.75) is 33.9 Å². The summed E-state index contributed by atoms with van der Waals surface area (Å²) in [6.45, 7) is 16.4. The molecule has 0 amide bonds. The fourth-order valence-corrected chi connectivity index (χ4v) is 2.59. The van der Waals surface area contributed by atoms with Gasteiger partial charge in [-0.2, -0.15) is 0 Å². The highest BCUT2D eigenvalue weighted by Gasteiger charge is 2.15. The second kappa shape index (κ2) is 8.46. The van der Waals surface area contributed by atoms with E-state index in [1.807, 2.05) is 4.68 Å². The van der Waals surface area contributed by atoms with Gasteiger partial charge < -0.3 is 10.2 Å². The minimum Gasteiger partial charge on any atom is -0.311 e. The van der Waals surface area contributed by atoms with Gasteiger partial charge in [0.25, 0.3) is 0 Å². The lowest BCUT2D eigenvalue weighted by molar-refractivity contribution is 0.132. The van der Waals surface area contributed by atoms with Crippen molar-refractivity contribution in [2.24, 2.45) is 5.92 Å². The van der Waals surface area contributed by atoms with Crippen LogP contribution in [0.2, 0.25) is 0 Å². The van der Waals surface area contributed by atoms with E-state index in [1.165, 1.54) is 32.7 Å². The third kappa shape index (κ3) is 5.73. The maximum absolute atomic E-state index is 4.23. The molecule has 1 aliphatic rings. The van der Waals surface area contributed by atoms with Crippen LogP contribution in [-0.4, -0.2) is 70.6 Å². The second-order valence-corrected chi connectivity index (χ2v) is 6.27. The Balaban J connectivity index is 1.66. The summed E-state index contributed by atoms with van der Waals surface area (Å²) in [6, 6.07) is 0. The van der Waals surface area contributed by atoms with E-state index in [0.29, 0.717) is 5.92 Å². The first-order valence-corrected chi connectivity index (χ1v) is 8.21. The van der Waals surface area contributed by atoms with Gasteiger partial charge in [0.15, 0.2) is 0 Å². The molecule has 2 rings (SSSR count). The molecule has 1 N–H and O–H groups in total. The van der Waals surface area contributed by atoms with Crippen LogP contribution in [0.4, 0.5) is 0 Å². The Labute approximate surface area is 128 Å². The van der Waals surface area contributed by atoms with E-state index in [2.05, 4.69) is 52.4 Å². The van der Waals surface area contributed by atoms with Crippen molar-refractivity contribution in [3.05, 3.63) is 11.9 Å². The molecule has 1 aromatic heterocycles. The zero-order valence-corrected chi connectivity index (χ0v) is 13.8. The van der Waals surface area contributed by atoms with Crippen molar-refractivity contribution in [3.63, 3.8) is 0 Å². The minimum atomic E-state index is 0.668. The van der Waals surface area contributed by atoms with Gasteiger partial charge in [-0.25, -0.2) is 0 Å². The predicted octanol–water partition coefficient (Wildman–Crippen LogP) is 0.661. The first-order valence-electron chi connectivity index (χ1n) is 8.21. The van der Waals surface area contributed by atoms with Gasteiger partial charge in [-0.15, -0.1) is 5.10 Å². The average molecular weight is 294 g/mol. The van der Waals surface area contributed by atoms with Crippen LogP contribution in [-0.2, 0) is 13.1 Å². The van der Waals surface area contributed by atoms with Crippen molar-refractivity contribution >= 4 is 0 Å². The third-order valence-electron chi connectivity index (χ3n) is 4.00. The Kier molecular flexibility index (Phi) is 6.60. The van der Waals surface area contributed by atoms with E-state index in [0.717, 1.165) is 31.9 Å². The summed E-state index contributed by atoms with van der Waals surface area (Å²) in [5.41, 5.74) is 1.03. The Bertz CT molecular complexity index is 395. The molecule has 21 heavy (non-hydrogen) atoms. The third-order valence-corrected chi connectivity index (χ3v) is 4.00. The zero-order chi connectivity index (χ0) is 15.1. The van der Waals surface area contributed by atoms with Crippen molar-refractivity contribution in [2.75, 3.05) is 45.8 Å². The van der Waals surface area contributed by atoms with Crippen molar-refractivity contribution < 1.29 is 0 Å². The highest BCUT2D eigenvalue weighted by atomic mass is 15.4. The van der Waals surface area contributed by atoms with Gasteiger partial charge in [-0.3, -0.25) is 9.58 Å². The number of rotatable bonds is 8. The minimum absolute atomic E-state index is 0.668. The summed E-state index contributed by atoms with van der Waals surface area (Å²) in [5, 5.41) is 11.8. The van der Waals surface area contributed by atoms with Crippen LogP contribution >= 0.6 is 0 Å². The Morgan fingerprint density at radius 1 is 1.14 bits per heavy atom. The van der Waals surface area contributed by atoms with Gasteiger partial charge in [0.2, 0.25) is 0 Å². The standard InChI is InChI=1S/C15H30N6/c1-4-19-5-7-20(8-6-19)9-10-21-13-15(17-18-21)12-16-11-14(2)3/h13-14,16H,4-12H2,1-3H3. The quantitative estimate of drug-likeness (QED) is 0.763. The first-order chi connectivity index (χ1) is 10.2. The van der Waals surface area contributed by atoms with Crippen LogP contribution in [0, 0.1) is 5.92 Å². The molecule has 6 nitrogen and oxygen atoms in total. The van der Waals surface area contributed by atoms with E-state index in [4.69, 9.17) is 0 Å². The predicted molar refractivity (Wildman–Crippen MR) is 85.1 cm³/mol. The molecule has 1 saturated heterocycles. The number of nitrogens with zero attached hydrogens (tertiary/aromatic N) is 5. The Morgan fingerprint density at radius 2 is 1.86 bits per heavy atom. The van der Waals surface area contributed by atoms with E-state index in [9.17, 15) is 0 Å². The summed E-state index contributed by atoms with van der Waals surface area (Å²) in [6.07, 6.45) is 2.07. The monoisotopic (exact) mass is 294 g/mol. The lowest BCUT2D eigenvalue weighted by atomic mass is 10.2. The van der Waals surface area contributed by atoms with Gasteiger partial charge in [-0.1, -0.05) is 26.0 Å². The SMILES string of the molecule is CCN1CCN(CCn2cc(CNCC(C)C)nn2)CC1. The largest absolute Gasteiger partial charge is 0.311 e. The molecule has 0 aromatic carbocycles. The molecule has 6 heteroatoms. The number of likely N-dealkylation sites (N-methyl/N-ethyl adjacent to an activating group) is 1. The highest BCUT2D eigenvalue weighted by Crippen LogP contribution is 2.02. The molecule has 0 saturated carbocycles. The highest BCUT2D eigenvalue weighted by molar-refractivity contribution is 4.91. The fraction of sp³-hybridized carbons (Fsp3) is 0.867. The van der Waals surface area contributed by atoms with Crippen LogP contribution in [0.5, 0.6) is 0 Å². The fourth-order valence-electron chi connectivity index (χ4n) is 2.59. The summed E-state index contributed by atoms with van der Waals surface area (Å²) >= 11 is 0. The van der Waals surface area contributed by atoms with E-state index < -0.39 is 0 Å². The molecule has 0 bridgehead atoms. The second-order valence-electron chi connectivity index (χ2n) is 6.27.